The standard InChI is InChI=1S/C21H28N2O4S/c1-17-11-12-18(2)20(16-17)27-15-13-22-21(24)10-7-14-23(3)28(25,26)19-8-5-4-6-9-19/h4-6,8-9,11-12,16H,7,10,13-15H2,1-3H3,(H,22,24). The zero-order chi connectivity index (χ0) is 20.6. The molecule has 2 aromatic rings. The van der Waals surface area contributed by atoms with Crippen molar-refractivity contribution in [1.29, 1.82) is 0 Å². The van der Waals surface area contributed by atoms with Crippen LogP contribution in [0.5, 0.6) is 5.75 Å². The molecule has 0 saturated carbocycles. The lowest BCUT2D eigenvalue weighted by atomic mass is 10.1. The number of carbonyl (C=O) groups excluding carboxylic acids is 1. The van der Waals surface area contributed by atoms with Crippen molar-refractivity contribution in [3.63, 3.8) is 0 Å². The molecular weight excluding hydrogens is 376 g/mol. The molecule has 0 aliphatic rings. The van der Waals surface area contributed by atoms with E-state index in [9.17, 15) is 13.2 Å². The van der Waals surface area contributed by atoms with E-state index in [2.05, 4.69) is 5.32 Å². The van der Waals surface area contributed by atoms with E-state index in [1.54, 1.807) is 30.3 Å². The van der Waals surface area contributed by atoms with Gasteiger partial charge in [0.2, 0.25) is 15.9 Å². The van der Waals surface area contributed by atoms with Crippen LogP contribution in [-0.2, 0) is 14.8 Å². The molecule has 1 N–H and O–H groups in total. The number of benzene rings is 2. The number of sulfonamides is 1. The normalized spacial score (nSPS) is 11.4. The van der Waals surface area contributed by atoms with Crippen LogP contribution in [0.15, 0.2) is 53.4 Å². The molecule has 152 valence electrons. The van der Waals surface area contributed by atoms with E-state index < -0.39 is 10.0 Å². The van der Waals surface area contributed by atoms with Crippen molar-refractivity contribution in [2.24, 2.45) is 0 Å². The number of rotatable bonds is 10. The predicted molar refractivity (Wildman–Crippen MR) is 110 cm³/mol. The van der Waals surface area contributed by atoms with Gasteiger partial charge in [-0.15, -0.1) is 0 Å². The van der Waals surface area contributed by atoms with E-state index in [0.29, 0.717) is 19.6 Å². The SMILES string of the molecule is Cc1ccc(C)c(OCCNC(=O)CCCN(C)S(=O)(=O)c2ccccc2)c1. The number of amides is 1. The molecule has 0 aromatic heterocycles. The topological polar surface area (TPSA) is 75.7 Å². The first kappa shape index (κ1) is 21.9. The molecule has 0 atom stereocenters. The van der Waals surface area contributed by atoms with Crippen LogP contribution in [0.2, 0.25) is 0 Å². The molecule has 2 aromatic carbocycles. The van der Waals surface area contributed by atoms with Crippen LogP contribution in [0.1, 0.15) is 24.0 Å². The quantitative estimate of drug-likeness (QED) is 0.618. The molecule has 28 heavy (non-hydrogen) atoms. The van der Waals surface area contributed by atoms with Gasteiger partial charge in [-0.2, -0.15) is 0 Å². The van der Waals surface area contributed by atoms with Gasteiger partial charge in [-0.25, -0.2) is 12.7 Å². The van der Waals surface area contributed by atoms with E-state index in [0.717, 1.165) is 16.9 Å². The molecule has 2 rings (SSSR count). The van der Waals surface area contributed by atoms with Crippen LogP contribution in [0.3, 0.4) is 0 Å². The lowest BCUT2D eigenvalue weighted by molar-refractivity contribution is -0.121. The first-order chi connectivity index (χ1) is 13.3. The van der Waals surface area contributed by atoms with Crippen LogP contribution in [0.4, 0.5) is 0 Å². The second-order valence-corrected chi connectivity index (χ2v) is 8.76. The lowest BCUT2D eigenvalue weighted by Gasteiger charge is -2.17. The van der Waals surface area contributed by atoms with Gasteiger partial charge in [0, 0.05) is 20.0 Å². The number of aryl methyl sites for hydroxylation is 2. The smallest absolute Gasteiger partial charge is 0.242 e. The van der Waals surface area contributed by atoms with E-state index in [-0.39, 0.29) is 23.8 Å². The molecule has 1 amide bonds. The van der Waals surface area contributed by atoms with Crippen LogP contribution in [-0.4, -0.2) is 45.4 Å². The Morgan fingerprint density at radius 3 is 2.54 bits per heavy atom. The van der Waals surface area contributed by atoms with E-state index in [1.807, 2.05) is 32.0 Å². The molecule has 0 radical (unpaired) electrons. The van der Waals surface area contributed by atoms with Crippen LogP contribution < -0.4 is 10.1 Å². The zero-order valence-electron chi connectivity index (χ0n) is 16.6. The van der Waals surface area contributed by atoms with Crippen LogP contribution in [0.25, 0.3) is 0 Å². The first-order valence-corrected chi connectivity index (χ1v) is 10.7. The highest BCUT2D eigenvalue weighted by molar-refractivity contribution is 7.89. The van der Waals surface area contributed by atoms with E-state index >= 15 is 0 Å². The highest BCUT2D eigenvalue weighted by Crippen LogP contribution is 2.18. The molecule has 7 heteroatoms. The number of ether oxygens (including phenoxy) is 1. The fourth-order valence-corrected chi connectivity index (χ4v) is 3.89. The molecule has 0 bridgehead atoms. The number of carbonyl (C=O) groups is 1. The van der Waals surface area contributed by atoms with Gasteiger partial charge in [0.05, 0.1) is 11.4 Å². The highest BCUT2D eigenvalue weighted by atomic mass is 32.2. The Labute approximate surface area is 167 Å². The first-order valence-electron chi connectivity index (χ1n) is 9.29. The van der Waals surface area contributed by atoms with Gasteiger partial charge in [0.1, 0.15) is 12.4 Å². The van der Waals surface area contributed by atoms with Gasteiger partial charge in [-0.3, -0.25) is 4.79 Å². The van der Waals surface area contributed by atoms with Gasteiger partial charge in [0.25, 0.3) is 0 Å². The molecule has 0 aliphatic carbocycles. The Hall–Kier alpha value is -2.38. The maximum Gasteiger partial charge on any atom is 0.242 e. The maximum atomic E-state index is 12.4. The minimum atomic E-state index is -3.51. The van der Waals surface area contributed by atoms with Gasteiger partial charge < -0.3 is 10.1 Å². The van der Waals surface area contributed by atoms with Crippen molar-refractivity contribution in [1.82, 2.24) is 9.62 Å². The Morgan fingerprint density at radius 2 is 1.82 bits per heavy atom. The average molecular weight is 405 g/mol. The highest BCUT2D eigenvalue weighted by Gasteiger charge is 2.19. The molecule has 0 heterocycles. The number of nitrogens with one attached hydrogen (secondary N) is 1. The summed E-state index contributed by atoms with van der Waals surface area (Å²) in [6.45, 7) is 5.06. The summed E-state index contributed by atoms with van der Waals surface area (Å²) in [6, 6.07) is 14.3. The van der Waals surface area contributed by atoms with Crippen molar-refractivity contribution in [3.05, 3.63) is 59.7 Å². The summed E-state index contributed by atoms with van der Waals surface area (Å²) in [5.41, 5.74) is 2.18. The summed E-state index contributed by atoms with van der Waals surface area (Å²) in [7, 11) is -1.99. The van der Waals surface area contributed by atoms with Gasteiger partial charge >= 0.3 is 0 Å². The maximum absolute atomic E-state index is 12.4. The minimum absolute atomic E-state index is 0.116. The van der Waals surface area contributed by atoms with Crippen molar-refractivity contribution in [3.8, 4) is 5.75 Å². The average Bonchev–Trinajstić information content (AvgIpc) is 2.68. The Bertz CT molecular complexity index is 883. The molecule has 0 unspecified atom stereocenters. The third-order valence-electron chi connectivity index (χ3n) is 4.35. The minimum Gasteiger partial charge on any atom is -0.491 e. The summed E-state index contributed by atoms with van der Waals surface area (Å²) >= 11 is 0. The Balaban J connectivity index is 1.68. The summed E-state index contributed by atoms with van der Waals surface area (Å²) < 4.78 is 31.8. The van der Waals surface area contributed by atoms with Crippen LogP contribution in [0, 0.1) is 13.8 Å². The molecule has 6 nitrogen and oxygen atoms in total. The lowest BCUT2D eigenvalue weighted by Crippen LogP contribution is -2.31. The largest absolute Gasteiger partial charge is 0.491 e. The number of nitrogens with zero attached hydrogens (tertiary/aromatic N) is 1. The third kappa shape index (κ3) is 6.35. The monoisotopic (exact) mass is 404 g/mol. The summed E-state index contributed by atoms with van der Waals surface area (Å²) in [5, 5.41) is 2.80. The van der Waals surface area contributed by atoms with Crippen LogP contribution >= 0.6 is 0 Å². The van der Waals surface area contributed by atoms with Crippen molar-refractivity contribution >= 4 is 15.9 Å². The van der Waals surface area contributed by atoms with Gasteiger partial charge in [-0.05, 0) is 49.6 Å². The molecule has 0 spiro atoms. The molecular formula is C21H28N2O4S. The van der Waals surface area contributed by atoms with Crippen molar-refractivity contribution in [2.45, 2.75) is 31.6 Å². The van der Waals surface area contributed by atoms with Gasteiger partial charge in [0.15, 0.2) is 0 Å². The van der Waals surface area contributed by atoms with Crippen molar-refractivity contribution < 1.29 is 17.9 Å². The molecule has 0 saturated heterocycles. The molecule has 0 fully saturated rings. The third-order valence-corrected chi connectivity index (χ3v) is 6.22. The predicted octanol–water partition coefficient (Wildman–Crippen LogP) is 2.90. The number of hydrogen-bond acceptors (Lipinski definition) is 4. The summed E-state index contributed by atoms with van der Waals surface area (Å²) in [6.07, 6.45) is 0.713. The second kappa shape index (κ2) is 10.2. The fourth-order valence-electron chi connectivity index (χ4n) is 2.66. The fraction of sp³-hybridized carbons (Fsp3) is 0.381. The van der Waals surface area contributed by atoms with Gasteiger partial charge in [-0.1, -0.05) is 30.3 Å². The second-order valence-electron chi connectivity index (χ2n) is 6.71. The number of hydrogen-bond donors (Lipinski definition) is 1. The molecule has 0 aliphatic heterocycles. The Kier molecular flexibility index (Phi) is 8.02. The Morgan fingerprint density at radius 1 is 1.11 bits per heavy atom. The summed E-state index contributed by atoms with van der Waals surface area (Å²) in [4.78, 5) is 12.2. The van der Waals surface area contributed by atoms with E-state index in [1.165, 1.54) is 11.4 Å². The van der Waals surface area contributed by atoms with E-state index in [4.69, 9.17) is 4.74 Å². The zero-order valence-corrected chi connectivity index (χ0v) is 17.5. The van der Waals surface area contributed by atoms with Crippen molar-refractivity contribution in [2.75, 3.05) is 26.7 Å². The summed E-state index contributed by atoms with van der Waals surface area (Å²) in [5.74, 6) is 0.706.